The predicted octanol–water partition coefficient (Wildman–Crippen LogP) is 4.48. The molecule has 0 radical (unpaired) electrons. The van der Waals surface area contributed by atoms with E-state index in [9.17, 15) is 0 Å². The number of benzene rings is 1. The first-order valence-corrected chi connectivity index (χ1v) is 6.65. The number of nitrogens with one attached hydrogen (secondary N) is 1. The number of hydrogen-bond donors (Lipinski definition) is 1. The molecule has 0 atom stereocenters. The van der Waals surface area contributed by atoms with Crippen LogP contribution in [0, 0.1) is 18.3 Å². The third kappa shape index (κ3) is 2.44. The van der Waals surface area contributed by atoms with Gasteiger partial charge in [-0.3, -0.25) is 0 Å². The summed E-state index contributed by atoms with van der Waals surface area (Å²) in [5.41, 5.74) is 2.12. The lowest BCUT2D eigenvalue weighted by molar-refractivity contribution is 1.31. The Bertz CT molecular complexity index is 603. The molecule has 0 aliphatic rings. The highest BCUT2D eigenvalue weighted by Crippen LogP contribution is 2.34. The average molecular weight is 329 g/mol. The Morgan fingerprint density at radius 3 is 3.00 bits per heavy atom. The van der Waals surface area contributed by atoms with Gasteiger partial charge in [-0.15, -0.1) is 0 Å². The molecule has 0 amide bonds. The minimum atomic E-state index is 0.571. The molecule has 2 aromatic rings. The van der Waals surface area contributed by atoms with E-state index >= 15 is 0 Å². The van der Waals surface area contributed by atoms with Gasteiger partial charge in [0.2, 0.25) is 0 Å². The van der Waals surface area contributed by atoms with Crippen molar-refractivity contribution in [2.75, 3.05) is 5.32 Å². The van der Waals surface area contributed by atoms with Crippen LogP contribution >= 0.6 is 39.1 Å². The normalized spacial score (nSPS) is 10.0. The summed E-state index contributed by atoms with van der Waals surface area (Å²) in [7, 11) is 0. The minimum Gasteiger partial charge on any atom is -0.344 e. The van der Waals surface area contributed by atoms with Crippen LogP contribution in [0.4, 0.5) is 10.7 Å². The molecule has 1 aromatic carbocycles. The summed E-state index contributed by atoms with van der Waals surface area (Å²) < 4.78 is 4.92. The fourth-order valence-electron chi connectivity index (χ4n) is 1.31. The summed E-state index contributed by atoms with van der Waals surface area (Å²) in [6, 6.07) is 7.65. The maximum Gasteiger partial charge on any atom is 0.132 e. The van der Waals surface area contributed by atoms with Crippen LogP contribution in [0.15, 0.2) is 22.7 Å². The van der Waals surface area contributed by atoms with Crippen LogP contribution in [-0.4, -0.2) is 4.37 Å². The molecule has 1 N–H and O–H groups in total. The van der Waals surface area contributed by atoms with E-state index in [4.69, 9.17) is 16.9 Å². The fourth-order valence-corrected chi connectivity index (χ4v) is 2.61. The van der Waals surface area contributed by atoms with Crippen LogP contribution < -0.4 is 5.32 Å². The van der Waals surface area contributed by atoms with Crippen molar-refractivity contribution >= 4 is 49.8 Å². The zero-order valence-corrected chi connectivity index (χ0v) is 11.9. The molecule has 0 bridgehead atoms. The van der Waals surface area contributed by atoms with Gasteiger partial charge in [0.15, 0.2) is 0 Å². The molecular weight excluding hydrogens is 322 g/mol. The summed E-state index contributed by atoms with van der Waals surface area (Å²) in [4.78, 5) is 0. The van der Waals surface area contributed by atoms with Gasteiger partial charge in [0, 0.05) is 0 Å². The molecule has 0 aliphatic carbocycles. The number of aryl methyl sites for hydroxylation is 1. The van der Waals surface area contributed by atoms with Gasteiger partial charge in [-0.2, -0.15) is 9.64 Å². The molecule has 86 valence electrons. The summed E-state index contributed by atoms with van der Waals surface area (Å²) in [5, 5.41) is 13.5. The Morgan fingerprint density at radius 2 is 2.29 bits per heavy atom. The van der Waals surface area contributed by atoms with Crippen LogP contribution in [0.1, 0.15) is 11.3 Å². The van der Waals surface area contributed by atoms with Crippen molar-refractivity contribution in [3.05, 3.63) is 39.0 Å². The van der Waals surface area contributed by atoms with E-state index in [1.807, 2.05) is 19.1 Å². The molecule has 3 nitrogen and oxygen atoms in total. The lowest BCUT2D eigenvalue weighted by atomic mass is 10.2. The first kappa shape index (κ1) is 12.4. The topological polar surface area (TPSA) is 48.7 Å². The van der Waals surface area contributed by atoms with E-state index in [-0.39, 0.29) is 0 Å². The molecule has 0 saturated carbocycles. The van der Waals surface area contributed by atoms with Crippen molar-refractivity contribution in [2.24, 2.45) is 0 Å². The minimum absolute atomic E-state index is 0.571. The molecule has 1 heterocycles. The Morgan fingerprint density at radius 1 is 1.53 bits per heavy atom. The summed E-state index contributed by atoms with van der Waals surface area (Å²) in [6.45, 7) is 1.81. The fraction of sp³-hybridized carbons (Fsp3) is 0.0909. The number of anilines is 2. The molecular formula is C11H7BrClN3S. The van der Waals surface area contributed by atoms with Gasteiger partial charge in [0.1, 0.15) is 16.6 Å². The van der Waals surface area contributed by atoms with Gasteiger partial charge in [-0.1, -0.05) is 17.7 Å². The number of hydrogen-bond acceptors (Lipinski definition) is 4. The lowest BCUT2D eigenvalue weighted by Gasteiger charge is -2.07. The molecule has 17 heavy (non-hydrogen) atoms. The first-order valence-electron chi connectivity index (χ1n) is 4.71. The first-order chi connectivity index (χ1) is 8.13. The smallest absolute Gasteiger partial charge is 0.132 e. The summed E-state index contributed by atoms with van der Waals surface area (Å²) in [6.07, 6.45) is 0. The van der Waals surface area contributed by atoms with Crippen molar-refractivity contribution in [2.45, 2.75) is 6.92 Å². The Kier molecular flexibility index (Phi) is 3.67. The standard InChI is InChI=1S/C11H7BrClN3S/c1-6-7(5-14)11(17-16-6)15-9-4-2-3-8(13)10(9)12/h2-4,15H,1H3. The van der Waals surface area contributed by atoms with Crippen LogP contribution in [0.25, 0.3) is 0 Å². The van der Waals surface area contributed by atoms with E-state index in [0.29, 0.717) is 10.6 Å². The second-order valence-electron chi connectivity index (χ2n) is 3.31. The van der Waals surface area contributed by atoms with E-state index < -0.39 is 0 Å². The van der Waals surface area contributed by atoms with E-state index in [0.717, 1.165) is 20.9 Å². The lowest BCUT2D eigenvalue weighted by Crippen LogP contribution is -1.91. The third-order valence-corrected chi connectivity index (χ3v) is 4.43. The molecule has 0 saturated heterocycles. The number of aromatic nitrogens is 1. The average Bonchev–Trinajstić information content (AvgIpc) is 2.66. The largest absolute Gasteiger partial charge is 0.344 e. The molecule has 6 heteroatoms. The van der Waals surface area contributed by atoms with E-state index in [2.05, 4.69) is 31.7 Å². The molecule has 0 unspecified atom stereocenters. The molecule has 1 aromatic heterocycles. The van der Waals surface area contributed by atoms with Crippen LogP contribution in [-0.2, 0) is 0 Å². The Labute approximate surface area is 116 Å². The highest BCUT2D eigenvalue weighted by Gasteiger charge is 2.12. The maximum absolute atomic E-state index is 9.03. The summed E-state index contributed by atoms with van der Waals surface area (Å²) in [5.74, 6) is 0. The molecule has 0 spiro atoms. The van der Waals surface area contributed by atoms with Crippen molar-refractivity contribution in [1.29, 1.82) is 5.26 Å². The number of nitrogens with zero attached hydrogens (tertiary/aromatic N) is 2. The van der Waals surface area contributed by atoms with Gasteiger partial charge in [0.25, 0.3) is 0 Å². The zero-order valence-electron chi connectivity index (χ0n) is 8.79. The number of rotatable bonds is 2. The van der Waals surface area contributed by atoms with Crippen molar-refractivity contribution in [3.63, 3.8) is 0 Å². The molecule has 0 fully saturated rings. The van der Waals surface area contributed by atoms with Crippen molar-refractivity contribution < 1.29 is 0 Å². The zero-order chi connectivity index (χ0) is 12.4. The van der Waals surface area contributed by atoms with E-state index in [1.165, 1.54) is 11.5 Å². The van der Waals surface area contributed by atoms with Crippen LogP contribution in [0.5, 0.6) is 0 Å². The predicted molar refractivity (Wildman–Crippen MR) is 74.0 cm³/mol. The second kappa shape index (κ2) is 5.05. The van der Waals surface area contributed by atoms with Gasteiger partial charge < -0.3 is 5.32 Å². The summed E-state index contributed by atoms with van der Waals surface area (Å²) >= 11 is 10.7. The maximum atomic E-state index is 9.03. The molecule has 2 rings (SSSR count). The van der Waals surface area contributed by atoms with Crippen molar-refractivity contribution in [3.8, 4) is 6.07 Å². The van der Waals surface area contributed by atoms with Gasteiger partial charge in [-0.25, -0.2) is 0 Å². The number of nitriles is 1. The van der Waals surface area contributed by atoms with Crippen LogP contribution in [0.2, 0.25) is 5.02 Å². The molecule has 0 aliphatic heterocycles. The second-order valence-corrected chi connectivity index (χ2v) is 5.28. The highest BCUT2D eigenvalue weighted by molar-refractivity contribution is 9.10. The van der Waals surface area contributed by atoms with E-state index in [1.54, 1.807) is 6.07 Å². The van der Waals surface area contributed by atoms with Gasteiger partial charge >= 0.3 is 0 Å². The highest BCUT2D eigenvalue weighted by atomic mass is 79.9. The van der Waals surface area contributed by atoms with Gasteiger partial charge in [0.05, 0.1) is 20.9 Å². The quantitative estimate of drug-likeness (QED) is 0.884. The monoisotopic (exact) mass is 327 g/mol. The van der Waals surface area contributed by atoms with Gasteiger partial charge in [-0.05, 0) is 46.5 Å². The Hall–Kier alpha value is -1.09. The van der Waals surface area contributed by atoms with Crippen LogP contribution in [0.3, 0.4) is 0 Å². The van der Waals surface area contributed by atoms with Crippen molar-refractivity contribution in [1.82, 2.24) is 4.37 Å². The number of halogens is 2. The Balaban J connectivity index is 2.39. The third-order valence-electron chi connectivity index (χ3n) is 2.17. The SMILES string of the molecule is Cc1nsc(Nc2cccc(Cl)c2Br)c1C#N.